The summed E-state index contributed by atoms with van der Waals surface area (Å²) in [5, 5.41) is 0.936. The van der Waals surface area contributed by atoms with Gasteiger partial charge in [-0.05, 0) is 23.8 Å². The van der Waals surface area contributed by atoms with Crippen LogP contribution in [0.25, 0.3) is 23.1 Å². The zero-order valence-electron chi connectivity index (χ0n) is 13.3. The van der Waals surface area contributed by atoms with Crippen molar-refractivity contribution < 1.29 is 9.53 Å². The Morgan fingerprint density at radius 3 is 2.50 bits per heavy atom. The van der Waals surface area contributed by atoms with E-state index in [1.807, 2.05) is 78.9 Å². The molecule has 0 aliphatic heterocycles. The Morgan fingerprint density at radius 1 is 0.917 bits per heavy atom. The minimum Gasteiger partial charge on any atom is -0.424 e. The highest BCUT2D eigenvalue weighted by atomic mass is 16.5. The van der Waals surface area contributed by atoms with Gasteiger partial charge in [0.2, 0.25) is 0 Å². The molecule has 1 heterocycles. The number of carbonyl (C=O) groups is 1. The van der Waals surface area contributed by atoms with Crippen molar-refractivity contribution in [3.63, 3.8) is 0 Å². The molecule has 0 bridgehead atoms. The Bertz CT molecular complexity index is 912. The summed E-state index contributed by atoms with van der Waals surface area (Å²) in [7, 11) is 0. The van der Waals surface area contributed by atoms with E-state index in [-0.39, 0.29) is 5.97 Å². The van der Waals surface area contributed by atoms with Gasteiger partial charge in [-0.1, -0.05) is 66.8 Å². The molecule has 0 radical (unpaired) electrons. The van der Waals surface area contributed by atoms with Gasteiger partial charge in [0, 0.05) is 12.3 Å². The molecule has 3 rings (SSSR count). The molecule has 0 unspecified atom stereocenters. The minimum absolute atomic E-state index is 0.351. The second-order valence-corrected chi connectivity index (χ2v) is 5.29. The van der Waals surface area contributed by atoms with Crippen LogP contribution in [0.15, 0.2) is 72.8 Å². The fourth-order valence-corrected chi connectivity index (χ4v) is 2.35. The second kappa shape index (κ2) is 7.38. The summed E-state index contributed by atoms with van der Waals surface area (Å²) in [6.07, 6.45) is 7.86. The van der Waals surface area contributed by atoms with E-state index in [4.69, 9.17) is 4.74 Å². The van der Waals surface area contributed by atoms with Crippen molar-refractivity contribution >= 4 is 29.0 Å². The molecule has 0 saturated carbocycles. The van der Waals surface area contributed by atoms with Crippen LogP contribution in [0, 0.1) is 0 Å². The number of nitrogens with zero attached hydrogens (tertiary/aromatic N) is 1. The fourth-order valence-electron chi connectivity index (χ4n) is 2.35. The van der Waals surface area contributed by atoms with Gasteiger partial charge in [-0.15, -0.1) is 0 Å². The normalized spacial score (nSPS) is 11.4. The lowest BCUT2D eigenvalue weighted by atomic mass is 10.2. The third-order valence-corrected chi connectivity index (χ3v) is 3.42. The van der Waals surface area contributed by atoms with Crippen LogP contribution in [-0.4, -0.2) is 11.0 Å². The lowest BCUT2D eigenvalue weighted by molar-refractivity contribution is -0.131. The van der Waals surface area contributed by atoms with E-state index in [0.29, 0.717) is 11.3 Å². The predicted molar refractivity (Wildman–Crippen MR) is 97.6 cm³/mol. The van der Waals surface area contributed by atoms with Gasteiger partial charge in [-0.3, -0.25) is 4.79 Å². The van der Waals surface area contributed by atoms with Gasteiger partial charge in [-0.2, -0.15) is 0 Å². The fraction of sp³-hybridized carbons (Fsp3) is 0.0476. The van der Waals surface area contributed by atoms with Gasteiger partial charge in [0.15, 0.2) is 5.75 Å². The molecule has 24 heavy (non-hydrogen) atoms. The number of allylic oxidation sites excluding steroid dienone is 2. The average Bonchev–Trinajstić information content (AvgIpc) is 2.60. The topological polar surface area (TPSA) is 39.2 Å². The maximum Gasteiger partial charge on any atom is 0.308 e. The van der Waals surface area contributed by atoms with Crippen LogP contribution in [0.4, 0.5) is 0 Å². The molecule has 3 heteroatoms. The summed E-state index contributed by atoms with van der Waals surface area (Å²) in [5.41, 5.74) is 2.63. The van der Waals surface area contributed by atoms with Crippen molar-refractivity contribution in [1.82, 2.24) is 4.98 Å². The summed E-state index contributed by atoms with van der Waals surface area (Å²) in [5.74, 6) is 0.131. The number of hydrogen-bond donors (Lipinski definition) is 0. The molecule has 0 N–H and O–H groups in total. The molecule has 0 aliphatic rings. The molecule has 2 aromatic carbocycles. The van der Waals surface area contributed by atoms with Crippen LogP contribution in [0.2, 0.25) is 0 Å². The highest BCUT2D eigenvalue weighted by Gasteiger charge is 2.06. The molecular formula is C21H17NO2. The van der Waals surface area contributed by atoms with Gasteiger partial charge < -0.3 is 4.74 Å². The first-order valence-corrected chi connectivity index (χ1v) is 7.70. The predicted octanol–water partition coefficient (Wildman–Crippen LogP) is 4.89. The van der Waals surface area contributed by atoms with Gasteiger partial charge in [0.1, 0.15) is 5.52 Å². The molecule has 0 spiro atoms. The highest BCUT2D eigenvalue weighted by Crippen LogP contribution is 2.24. The Balaban J connectivity index is 1.83. The molecule has 3 nitrogen and oxygen atoms in total. The molecule has 0 aliphatic carbocycles. The maximum absolute atomic E-state index is 11.2. The Hall–Kier alpha value is -3.20. The molecule has 118 valence electrons. The Morgan fingerprint density at radius 2 is 1.71 bits per heavy atom. The number of hydrogen-bond acceptors (Lipinski definition) is 3. The van der Waals surface area contributed by atoms with E-state index in [9.17, 15) is 4.79 Å². The first-order chi connectivity index (χ1) is 11.7. The van der Waals surface area contributed by atoms with Crippen LogP contribution < -0.4 is 4.74 Å². The van der Waals surface area contributed by atoms with Gasteiger partial charge in [-0.25, -0.2) is 4.98 Å². The number of aromatic nitrogens is 1. The number of carbonyl (C=O) groups excluding carboxylic acids is 1. The van der Waals surface area contributed by atoms with Crippen molar-refractivity contribution in [2.75, 3.05) is 0 Å². The van der Waals surface area contributed by atoms with Gasteiger partial charge >= 0.3 is 5.97 Å². The summed E-state index contributed by atoms with van der Waals surface area (Å²) >= 11 is 0. The van der Waals surface area contributed by atoms with Crippen LogP contribution in [0.1, 0.15) is 18.2 Å². The zero-order valence-corrected chi connectivity index (χ0v) is 13.3. The van der Waals surface area contributed by atoms with Crippen LogP contribution in [-0.2, 0) is 4.79 Å². The van der Waals surface area contributed by atoms with Crippen molar-refractivity contribution in [1.29, 1.82) is 0 Å². The van der Waals surface area contributed by atoms with Crippen molar-refractivity contribution in [2.24, 2.45) is 0 Å². The lowest BCUT2D eigenvalue weighted by Gasteiger charge is -2.05. The third-order valence-electron chi connectivity index (χ3n) is 3.42. The standard InChI is InChI=1S/C21H17NO2/c1-16(23)24-20-13-7-11-18-14-15-19(22-21(18)20)12-6-5-10-17-8-3-2-4-9-17/h2-15H,1H3/b10-5+,12-6+. The summed E-state index contributed by atoms with van der Waals surface area (Å²) in [4.78, 5) is 15.8. The van der Waals surface area contributed by atoms with Crippen molar-refractivity contribution in [2.45, 2.75) is 6.92 Å². The first-order valence-electron chi connectivity index (χ1n) is 7.70. The molecule has 0 amide bonds. The molecule has 0 fully saturated rings. The van der Waals surface area contributed by atoms with Crippen LogP contribution in [0.5, 0.6) is 5.75 Å². The summed E-state index contributed by atoms with van der Waals surface area (Å²) in [6, 6.07) is 19.5. The van der Waals surface area contributed by atoms with E-state index >= 15 is 0 Å². The van der Waals surface area contributed by atoms with E-state index < -0.39 is 0 Å². The number of fused-ring (bicyclic) bond motifs is 1. The van der Waals surface area contributed by atoms with Crippen LogP contribution in [0.3, 0.4) is 0 Å². The number of ether oxygens (including phenoxy) is 1. The zero-order chi connectivity index (χ0) is 16.8. The number of benzene rings is 2. The quantitative estimate of drug-likeness (QED) is 0.391. The summed E-state index contributed by atoms with van der Waals surface area (Å²) in [6.45, 7) is 1.39. The largest absolute Gasteiger partial charge is 0.424 e. The van der Waals surface area contributed by atoms with E-state index in [1.54, 1.807) is 6.07 Å². The number of rotatable bonds is 4. The highest BCUT2D eigenvalue weighted by molar-refractivity contribution is 5.87. The third kappa shape index (κ3) is 3.96. The number of para-hydroxylation sites is 1. The monoisotopic (exact) mass is 315 g/mol. The molecule has 3 aromatic rings. The van der Waals surface area contributed by atoms with Gasteiger partial charge in [0.25, 0.3) is 0 Å². The maximum atomic E-state index is 11.2. The van der Waals surface area contributed by atoms with E-state index in [2.05, 4.69) is 4.98 Å². The van der Waals surface area contributed by atoms with E-state index in [0.717, 1.165) is 16.6 Å². The molecule has 1 aromatic heterocycles. The number of pyridine rings is 1. The SMILES string of the molecule is CC(=O)Oc1cccc2ccc(/C=C/C=C/c3ccccc3)nc12. The van der Waals surface area contributed by atoms with Crippen LogP contribution >= 0.6 is 0 Å². The molecule has 0 saturated heterocycles. The van der Waals surface area contributed by atoms with Crippen molar-refractivity contribution in [3.8, 4) is 5.75 Å². The Labute approximate surface area is 140 Å². The Kier molecular flexibility index (Phi) is 4.82. The smallest absolute Gasteiger partial charge is 0.308 e. The second-order valence-electron chi connectivity index (χ2n) is 5.29. The minimum atomic E-state index is -0.351. The molecular weight excluding hydrogens is 298 g/mol. The summed E-state index contributed by atoms with van der Waals surface area (Å²) < 4.78 is 5.23. The lowest BCUT2D eigenvalue weighted by Crippen LogP contribution is -2.02. The van der Waals surface area contributed by atoms with E-state index in [1.165, 1.54) is 6.92 Å². The average molecular weight is 315 g/mol. The van der Waals surface area contributed by atoms with Gasteiger partial charge in [0.05, 0.1) is 5.69 Å². The molecule has 0 atom stereocenters. The van der Waals surface area contributed by atoms with Crippen molar-refractivity contribution in [3.05, 3.63) is 84.1 Å². The number of esters is 1. The first kappa shape index (κ1) is 15.7.